The normalized spacial score (nSPS) is 10.7. The van der Waals surface area contributed by atoms with Crippen molar-refractivity contribution in [2.75, 3.05) is 38.4 Å². The lowest BCUT2D eigenvalue weighted by Gasteiger charge is -2.14. The topological polar surface area (TPSA) is 92.7 Å². The van der Waals surface area contributed by atoms with Crippen molar-refractivity contribution in [1.29, 1.82) is 0 Å². The van der Waals surface area contributed by atoms with Crippen LogP contribution in [0, 0.1) is 6.92 Å². The molecule has 2 amide bonds. The van der Waals surface area contributed by atoms with E-state index in [-0.39, 0.29) is 18.0 Å². The molecule has 8 heteroatoms. The van der Waals surface area contributed by atoms with Gasteiger partial charge in [0.15, 0.2) is 0 Å². The molecular weight excluding hydrogens is 408 g/mol. The highest BCUT2D eigenvalue weighted by Crippen LogP contribution is 2.21. The Morgan fingerprint density at radius 1 is 0.969 bits per heavy atom. The Morgan fingerprint density at radius 3 is 2.22 bits per heavy atom. The lowest BCUT2D eigenvalue weighted by atomic mass is 10.1. The third-order valence-corrected chi connectivity index (χ3v) is 4.76. The molecule has 32 heavy (non-hydrogen) atoms. The minimum atomic E-state index is -0.513. The van der Waals surface area contributed by atoms with Gasteiger partial charge in [-0.2, -0.15) is 0 Å². The molecule has 0 spiro atoms. The number of carbonyl (C=O) groups is 2. The number of likely N-dealkylation sites (N-methyl/N-ethyl adjacent to an activating group) is 1. The number of nitrogens with one attached hydrogen (secondary N) is 2. The highest BCUT2D eigenvalue weighted by Gasteiger charge is 2.18. The number of aryl methyl sites for hydroxylation is 1. The number of methoxy groups -OCH3 is 1. The van der Waals surface area contributed by atoms with Crippen LogP contribution in [0.1, 0.15) is 15.9 Å². The van der Waals surface area contributed by atoms with Crippen LogP contribution in [0.25, 0.3) is 5.69 Å². The van der Waals surface area contributed by atoms with Gasteiger partial charge in [-0.3, -0.25) is 19.0 Å². The molecule has 1 aromatic heterocycles. The Balaban J connectivity index is 1.83. The highest BCUT2D eigenvalue weighted by molar-refractivity contribution is 6.05. The van der Waals surface area contributed by atoms with Gasteiger partial charge in [0.2, 0.25) is 5.91 Å². The van der Waals surface area contributed by atoms with Crippen LogP contribution in [-0.4, -0.2) is 49.0 Å². The number of benzene rings is 2. The van der Waals surface area contributed by atoms with E-state index >= 15 is 0 Å². The first-order chi connectivity index (χ1) is 15.3. The lowest BCUT2D eigenvalue weighted by Crippen LogP contribution is -2.29. The van der Waals surface area contributed by atoms with Crippen LogP contribution < -0.4 is 20.9 Å². The highest BCUT2D eigenvalue weighted by atomic mass is 16.5. The minimum Gasteiger partial charge on any atom is -0.495 e. The SMILES string of the molecule is COc1ccccc1-n1ccc(C)c(C(=O)Nc2ccc(NC(=O)CN(C)C)cc2)c1=O. The number of carbonyl (C=O) groups excluding carboxylic acids is 2. The molecule has 0 fully saturated rings. The molecule has 0 saturated heterocycles. The van der Waals surface area contributed by atoms with E-state index in [9.17, 15) is 14.4 Å². The maximum atomic E-state index is 13.1. The van der Waals surface area contributed by atoms with E-state index in [0.29, 0.717) is 28.4 Å². The van der Waals surface area contributed by atoms with Gasteiger partial charge < -0.3 is 20.3 Å². The molecule has 3 aromatic rings. The number of rotatable bonds is 7. The molecule has 3 rings (SSSR count). The smallest absolute Gasteiger partial charge is 0.268 e. The Hall–Kier alpha value is -3.91. The number of ether oxygens (including phenoxy) is 1. The van der Waals surface area contributed by atoms with Gasteiger partial charge in [-0.05, 0) is 69.0 Å². The number of hydrogen-bond donors (Lipinski definition) is 2. The second kappa shape index (κ2) is 9.93. The first kappa shape index (κ1) is 22.8. The molecule has 2 N–H and O–H groups in total. The summed E-state index contributed by atoms with van der Waals surface area (Å²) in [5.41, 5.74) is 1.83. The zero-order valence-corrected chi connectivity index (χ0v) is 18.5. The largest absolute Gasteiger partial charge is 0.495 e. The molecule has 0 saturated carbocycles. The number of nitrogens with zero attached hydrogens (tertiary/aromatic N) is 2. The molecular formula is C24H26N4O4. The molecule has 0 aliphatic heterocycles. The molecule has 0 aliphatic carbocycles. The van der Waals surface area contributed by atoms with E-state index in [1.165, 1.54) is 11.7 Å². The van der Waals surface area contributed by atoms with E-state index in [1.54, 1.807) is 66.6 Å². The van der Waals surface area contributed by atoms with Gasteiger partial charge in [-0.1, -0.05) is 12.1 Å². The van der Waals surface area contributed by atoms with E-state index in [2.05, 4.69) is 10.6 Å². The fourth-order valence-electron chi connectivity index (χ4n) is 3.24. The number of hydrogen-bond acceptors (Lipinski definition) is 5. The first-order valence-corrected chi connectivity index (χ1v) is 10.0. The van der Waals surface area contributed by atoms with Crippen molar-refractivity contribution in [3.8, 4) is 11.4 Å². The number of para-hydroxylation sites is 2. The fourth-order valence-corrected chi connectivity index (χ4v) is 3.24. The maximum absolute atomic E-state index is 13.1. The third-order valence-electron chi connectivity index (χ3n) is 4.76. The lowest BCUT2D eigenvalue weighted by molar-refractivity contribution is -0.116. The van der Waals surface area contributed by atoms with Crippen LogP contribution in [-0.2, 0) is 4.79 Å². The number of aromatic nitrogens is 1. The van der Waals surface area contributed by atoms with Crippen LogP contribution in [0.15, 0.2) is 65.6 Å². The van der Waals surface area contributed by atoms with E-state index in [1.807, 2.05) is 20.2 Å². The number of anilines is 2. The van der Waals surface area contributed by atoms with Crippen molar-refractivity contribution < 1.29 is 14.3 Å². The zero-order valence-electron chi connectivity index (χ0n) is 18.5. The Bertz CT molecular complexity index is 1180. The second-order valence-electron chi connectivity index (χ2n) is 7.54. The predicted molar refractivity (Wildman–Crippen MR) is 125 cm³/mol. The van der Waals surface area contributed by atoms with Crippen LogP contribution in [0.5, 0.6) is 5.75 Å². The molecule has 166 valence electrons. The van der Waals surface area contributed by atoms with Crippen molar-refractivity contribution in [2.24, 2.45) is 0 Å². The van der Waals surface area contributed by atoms with Gasteiger partial charge in [0, 0.05) is 17.6 Å². The minimum absolute atomic E-state index is 0.0433. The van der Waals surface area contributed by atoms with Gasteiger partial charge in [0.25, 0.3) is 11.5 Å². The molecule has 2 aromatic carbocycles. The van der Waals surface area contributed by atoms with Crippen molar-refractivity contribution in [3.05, 3.63) is 82.3 Å². The van der Waals surface area contributed by atoms with Gasteiger partial charge >= 0.3 is 0 Å². The van der Waals surface area contributed by atoms with Gasteiger partial charge in [-0.15, -0.1) is 0 Å². The predicted octanol–water partition coefficient (Wildman–Crippen LogP) is 2.91. The van der Waals surface area contributed by atoms with Gasteiger partial charge in [0.1, 0.15) is 11.3 Å². The molecule has 0 bridgehead atoms. The van der Waals surface area contributed by atoms with E-state index in [0.717, 1.165) is 0 Å². The third kappa shape index (κ3) is 5.22. The Morgan fingerprint density at radius 2 is 1.59 bits per heavy atom. The van der Waals surface area contributed by atoms with Crippen molar-refractivity contribution in [3.63, 3.8) is 0 Å². The van der Waals surface area contributed by atoms with Gasteiger partial charge in [0.05, 0.1) is 19.3 Å². The summed E-state index contributed by atoms with van der Waals surface area (Å²) >= 11 is 0. The van der Waals surface area contributed by atoms with Crippen LogP contribution in [0.4, 0.5) is 11.4 Å². The average Bonchev–Trinajstić information content (AvgIpc) is 2.74. The quantitative estimate of drug-likeness (QED) is 0.597. The van der Waals surface area contributed by atoms with Crippen LogP contribution >= 0.6 is 0 Å². The summed E-state index contributed by atoms with van der Waals surface area (Å²) in [5.74, 6) is -0.124. The number of amides is 2. The van der Waals surface area contributed by atoms with Crippen molar-refractivity contribution in [2.45, 2.75) is 6.92 Å². The van der Waals surface area contributed by atoms with Crippen LogP contribution in [0.2, 0.25) is 0 Å². The molecule has 0 atom stereocenters. The van der Waals surface area contributed by atoms with Crippen molar-refractivity contribution >= 4 is 23.2 Å². The summed E-state index contributed by atoms with van der Waals surface area (Å²) in [5, 5.41) is 5.54. The summed E-state index contributed by atoms with van der Waals surface area (Å²) in [6.45, 7) is 1.98. The summed E-state index contributed by atoms with van der Waals surface area (Å²) in [7, 11) is 5.15. The molecule has 1 heterocycles. The summed E-state index contributed by atoms with van der Waals surface area (Å²) in [4.78, 5) is 39.7. The second-order valence-corrected chi connectivity index (χ2v) is 7.54. The van der Waals surface area contributed by atoms with Crippen molar-refractivity contribution in [1.82, 2.24) is 9.47 Å². The number of pyridine rings is 1. The van der Waals surface area contributed by atoms with Crippen LogP contribution in [0.3, 0.4) is 0 Å². The summed E-state index contributed by atoms with van der Waals surface area (Å²) < 4.78 is 6.74. The zero-order chi connectivity index (χ0) is 23.3. The summed E-state index contributed by atoms with van der Waals surface area (Å²) in [6, 6.07) is 15.5. The van der Waals surface area contributed by atoms with Gasteiger partial charge in [-0.25, -0.2) is 0 Å². The fraction of sp³-hybridized carbons (Fsp3) is 0.208. The van der Waals surface area contributed by atoms with E-state index < -0.39 is 11.5 Å². The summed E-state index contributed by atoms with van der Waals surface area (Å²) in [6.07, 6.45) is 1.62. The van der Waals surface area contributed by atoms with E-state index in [4.69, 9.17) is 4.74 Å². The molecule has 8 nitrogen and oxygen atoms in total. The standard InChI is InChI=1S/C24H26N4O4/c1-16-13-14-28(19-7-5-6-8-20(19)32-4)24(31)22(16)23(30)26-18-11-9-17(10-12-18)25-21(29)15-27(2)3/h5-14H,15H2,1-4H3,(H,25,29)(H,26,30). The Kier molecular flexibility index (Phi) is 7.07. The Labute approximate surface area is 186 Å². The molecule has 0 unspecified atom stereocenters. The average molecular weight is 434 g/mol. The first-order valence-electron chi connectivity index (χ1n) is 10.0. The molecule has 0 radical (unpaired) electrons. The monoisotopic (exact) mass is 434 g/mol. The maximum Gasteiger partial charge on any atom is 0.268 e. The molecule has 0 aliphatic rings.